The van der Waals surface area contributed by atoms with Crippen molar-refractivity contribution >= 4 is 44.1 Å². The maximum atomic E-state index is 10.3. The van der Waals surface area contributed by atoms with Crippen molar-refractivity contribution in [2.75, 3.05) is 0 Å². The standard InChI is InChI=1S/2C6H6O3S.Sn.2H/c2*7-10(8,9)6-4-2-1-3-5-6;;;/h2*1-5H,(H,7,8,9);;;/q;;+2;;/p-2. The molecule has 0 fully saturated rings. The second-order valence-corrected chi connectivity index (χ2v) is 6.29. The molecule has 0 saturated heterocycles. The Balaban J connectivity index is 0.000000364. The molecule has 2 aromatic rings. The van der Waals surface area contributed by atoms with Crippen LogP contribution in [0.15, 0.2) is 70.5 Å². The minimum absolute atomic E-state index is 0. The van der Waals surface area contributed by atoms with Gasteiger partial charge in [-0.1, -0.05) is 36.4 Å². The van der Waals surface area contributed by atoms with Crippen LogP contribution in [0.1, 0.15) is 0 Å². The molecule has 9 heteroatoms. The Labute approximate surface area is 140 Å². The van der Waals surface area contributed by atoms with Crippen LogP contribution in [0.25, 0.3) is 0 Å². The summed E-state index contributed by atoms with van der Waals surface area (Å²) in [6.07, 6.45) is 0. The third-order valence-corrected chi connectivity index (χ3v) is 3.76. The van der Waals surface area contributed by atoms with Gasteiger partial charge in [0, 0.05) is 0 Å². The van der Waals surface area contributed by atoms with Crippen LogP contribution in [0.2, 0.25) is 0 Å². The van der Waals surface area contributed by atoms with E-state index in [4.69, 9.17) is 0 Å². The van der Waals surface area contributed by atoms with Gasteiger partial charge in [-0.25, -0.2) is 16.8 Å². The molecular formula is C12H12O6S2Sn. The zero-order chi connectivity index (χ0) is 15.2. The van der Waals surface area contributed by atoms with Crippen molar-refractivity contribution in [3.63, 3.8) is 0 Å². The Bertz CT molecular complexity index is 675. The van der Waals surface area contributed by atoms with E-state index < -0.39 is 20.2 Å². The Morgan fingerprint density at radius 1 is 0.571 bits per heavy atom. The summed E-state index contributed by atoms with van der Waals surface area (Å²) in [5.74, 6) is 0. The molecular weight excluding hydrogens is 423 g/mol. The fourth-order valence-corrected chi connectivity index (χ4v) is 2.16. The SMILES string of the molecule is O=S(=O)([O-])c1ccccc1.O=S(=O)([O-])c1ccccc1.[SnH2+2]. The summed E-state index contributed by atoms with van der Waals surface area (Å²) in [6, 6.07) is 14.4. The number of hydrogen-bond acceptors (Lipinski definition) is 6. The molecule has 2 aromatic carbocycles. The van der Waals surface area contributed by atoms with E-state index in [1.165, 1.54) is 48.5 Å². The van der Waals surface area contributed by atoms with Gasteiger partial charge in [-0.2, -0.15) is 0 Å². The molecule has 0 spiro atoms. The Kier molecular flexibility index (Phi) is 8.11. The molecule has 0 aromatic heterocycles. The predicted octanol–water partition coefficient (Wildman–Crippen LogP) is 0.265. The average Bonchev–Trinajstić information content (AvgIpc) is 2.40. The van der Waals surface area contributed by atoms with Crippen LogP contribution in [0.4, 0.5) is 0 Å². The van der Waals surface area contributed by atoms with Crippen molar-refractivity contribution in [2.45, 2.75) is 9.79 Å². The van der Waals surface area contributed by atoms with Gasteiger partial charge in [0.05, 0.1) is 9.79 Å². The van der Waals surface area contributed by atoms with Crippen LogP contribution in [0.3, 0.4) is 0 Å². The quantitative estimate of drug-likeness (QED) is 0.494. The van der Waals surface area contributed by atoms with Gasteiger partial charge in [0.2, 0.25) is 0 Å². The molecule has 0 atom stereocenters. The monoisotopic (exact) mass is 436 g/mol. The summed E-state index contributed by atoms with van der Waals surface area (Å²) in [4.78, 5) is -0.370. The van der Waals surface area contributed by atoms with Crippen molar-refractivity contribution in [1.29, 1.82) is 0 Å². The topological polar surface area (TPSA) is 114 Å². The molecule has 0 amide bonds. The zero-order valence-electron chi connectivity index (χ0n) is 10.7. The molecule has 0 saturated carbocycles. The summed E-state index contributed by atoms with van der Waals surface area (Å²) in [7, 11) is -8.51. The fraction of sp³-hybridized carbons (Fsp3) is 0. The number of hydrogen-bond donors (Lipinski definition) is 0. The van der Waals surface area contributed by atoms with E-state index in [2.05, 4.69) is 0 Å². The number of rotatable bonds is 2. The van der Waals surface area contributed by atoms with Crippen LogP contribution < -0.4 is 0 Å². The van der Waals surface area contributed by atoms with Crippen LogP contribution >= 0.6 is 0 Å². The minimum atomic E-state index is -4.25. The Morgan fingerprint density at radius 2 is 0.810 bits per heavy atom. The summed E-state index contributed by atoms with van der Waals surface area (Å²) in [5, 5.41) is 0. The summed E-state index contributed by atoms with van der Waals surface area (Å²) < 4.78 is 61.7. The average molecular weight is 435 g/mol. The molecule has 0 heterocycles. The normalized spacial score (nSPS) is 10.8. The predicted molar refractivity (Wildman–Crippen MR) is 77.4 cm³/mol. The van der Waals surface area contributed by atoms with Gasteiger partial charge in [-0.3, -0.25) is 0 Å². The second-order valence-electron chi connectivity index (χ2n) is 3.53. The third-order valence-electron chi connectivity index (χ3n) is 2.06. The van der Waals surface area contributed by atoms with E-state index >= 15 is 0 Å². The Hall–Kier alpha value is -0.941. The van der Waals surface area contributed by atoms with Crippen LogP contribution in [-0.2, 0) is 20.2 Å². The van der Waals surface area contributed by atoms with E-state index in [0.717, 1.165) is 0 Å². The Morgan fingerprint density at radius 3 is 0.952 bits per heavy atom. The van der Waals surface area contributed by atoms with E-state index in [0.29, 0.717) is 0 Å². The third kappa shape index (κ3) is 7.57. The molecule has 0 N–H and O–H groups in total. The van der Waals surface area contributed by atoms with Gasteiger partial charge in [-0.15, -0.1) is 0 Å². The van der Waals surface area contributed by atoms with Gasteiger partial charge in [-0.05, 0) is 24.3 Å². The summed E-state index contributed by atoms with van der Waals surface area (Å²) in [5.41, 5.74) is 0. The molecule has 0 aliphatic carbocycles. The molecule has 0 radical (unpaired) electrons. The molecule has 0 unspecified atom stereocenters. The first-order valence-electron chi connectivity index (χ1n) is 5.23. The maximum absolute atomic E-state index is 10.3. The van der Waals surface area contributed by atoms with E-state index in [1.807, 2.05) is 0 Å². The van der Waals surface area contributed by atoms with Crippen molar-refractivity contribution < 1.29 is 25.9 Å². The summed E-state index contributed by atoms with van der Waals surface area (Å²) in [6.45, 7) is 0. The van der Waals surface area contributed by atoms with E-state index in [-0.39, 0.29) is 33.7 Å². The van der Waals surface area contributed by atoms with Crippen molar-refractivity contribution in [3.8, 4) is 0 Å². The molecule has 0 aliphatic rings. The zero-order valence-corrected chi connectivity index (χ0v) is 16.4. The molecule has 21 heavy (non-hydrogen) atoms. The molecule has 112 valence electrons. The van der Waals surface area contributed by atoms with Crippen molar-refractivity contribution in [3.05, 3.63) is 60.7 Å². The molecule has 0 bridgehead atoms. The van der Waals surface area contributed by atoms with Gasteiger partial charge < -0.3 is 9.11 Å². The number of benzene rings is 2. The molecule has 6 nitrogen and oxygen atoms in total. The van der Waals surface area contributed by atoms with Gasteiger partial charge in [0.1, 0.15) is 20.2 Å². The van der Waals surface area contributed by atoms with Gasteiger partial charge in [0.25, 0.3) is 0 Å². The van der Waals surface area contributed by atoms with Crippen LogP contribution in [-0.4, -0.2) is 49.8 Å². The molecule has 0 aliphatic heterocycles. The molecule has 2 rings (SSSR count). The fourth-order valence-electron chi connectivity index (χ4n) is 1.17. The first-order valence-corrected chi connectivity index (χ1v) is 8.05. The van der Waals surface area contributed by atoms with E-state index in [9.17, 15) is 25.9 Å². The van der Waals surface area contributed by atoms with Crippen molar-refractivity contribution in [2.24, 2.45) is 0 Å². The first-order chi connectivity index (χ1) is 9.21. The van der Waals surface area contributed by atoms with Crippen LogP contribution in [0, 0.1) is 0 Å². The van der Waals surface area contributed by atoms with Gasteiger partial charge in [0.15, 0.2) is 0 Å². The van der Waals surface area contributed by atoms with Crippen molar-refractivity contribution in [1.82, 2.24) is 0 Å². The summed E-state index contributed by atoms with van der Waals surface area (Å²) >= 11 is 0. The van der Waals surface area contributed by atoms with Gasteiger partial charge >= 0.3 is 23.9 Å². The van der Waals surface area contributed by atoms with E-state index in [1.54, 1.807) is 12.1 Å². The second kappa shape index (κ2) is 8.49. The first kappa shape index (κ1) is 20.1. The van der Waals surface area contributed by atoms with Crippen LogP contribution in [0.5, 0.6) is 0 Å².